The molecule has 0 saturated heterocycles. The highest BCUT2D eigenvalue weighted by molar-refractivity contribution is 9.09. The van der Waals surface area contributed by atoms with Crippen molar-refractivity contribution in [2.24, 2.45) is 0 Å². The van der Waals surface area contributed by atoms with Gasteiger partial charge in [0.1, 0.15) is 0 Å². The molecule has 3 heteroatoms. The van der Waals surface area contributed by atoms with Crippen molar-refractivity contribution in [1.82, 2.24) is 0 Å². The van der Waals surface area contributed by atoms with Gasteiger partial charge in [0.05, 0.1) is 0 Å². The molecule has 0 unspecified atom stereocenters. The molecule has 0 aliphatic rings. The lowest BCUT2D eigenvalue weighted by Crippen LogP contribution is -1.35. The Morgan fingerprint density at radius 1 is 1.43 bits per heavy atom. The van der Waals surface area contributed by atoms with Crippen molar-refractivity contribution < 1.29 is 0 Å². The largest absolute Gasteiger partial charge is 0.0857 e. The van der Waals surface area contributed by atoms with Gasteiger partial charge in [-0.2, -0.15) is 0 Å². The maximum absolute atomic E-state index is 2.07. The first-order valence-corrected chi connectivity index (χ1v) is 5.84. The topological polar surface area (TPSA) is 0 Å². The molecule has 0 aliphatic carbocycles. The Morgan fingerprint density at radius 2 is 2.14 bits per heavy atom. The third kappa shape index (κ3) is 6.79. The minimum atomic E-state index is 1.75. The van der Waals surface area contributed by atoms with Crippen molar-refractivity contribution in [2.45, 2.75) is 6.92 Å². The molecule has 0 aliphatic heterocycles. The van der Waals surface area contributed by atoms with E-state index in [2.05, 4.69) is 11.7 Å². The molecule has 0 radical (unpaired) electrons. The molecule has 0 heterocycles. The molecule has 0 aromatic rings. The third-order valence-corrected chi connectivity index (χ3v) is 3.81. The van der Waals surface area contributed by atoms with E-state index >= 15 is 0 Å². The van der Waals surface area contributed by atoms with Gasteiger partial charge < -0.3 is 0 Å². The summed E-state index contributed by atoms with van der Waals surface area (Å²) in [5.41, 5.74) is 0. The quantitative estimate of drug-likeness (QED) is 0.450. The van der Waals surface area contributed by atoms with E-state index in [0.29, 0.717) is 0 Å². The second-order valence-electron chi connectivity index (χ2n) is 0.800. The molecule has 0 fully saturated rings. The maximum atomic E-state index is 2.07. The zero-order valence-corrected chi connectivity index (χ0v) is 6.83. The van der Waals surface area contributed by atoms with Gasteiger partial charge in [0.2, 0.25) is 0 Å². The molecule has 0 atom stereocenters. The van der Waals surface area contributed by atoms with Crippen LogP contribution in [0, 0.1) is 0 Å². The monoisotopic (exact) mass is 152 g/mol. The van der Waals surface area contributed by atoms with E-state index in [0.717, 1.165) is 0 Å². The van der Waals surface area contributed by atoms with E-state index in [4.69, 9.17) is 0 Å². The van der Waals surface area contributed by atoms with E-state index in [1.807, 2.05) is 13.0 Å². The lowest BCUT2D eigenvalue weighted by molar-refractivity contribution is 1.79. The molecule has 0 rings (SSSR count). The van der Waals surface area contributed by atoms with Gasteiger partial charge >= 0.3 is 0 Å². The molecule has 42 valence electrons. The van der Waals surface area contributed by atoms with Gasteiger partial charge in [-0.05, 0) is 28.4 Å². The highest BCUT2D eigenvalue weighted by Crippen LogP contribution is 2.32. The van der Waals surface area contributed by atoms with Gasteiger partial charge in [0.15, 0.2) is 0 Å². The summed E-state index contributed by atoms with van der Waals surface area (Å²) < 4.78 is 0. The zero-order chi connectivity index (χ0) is 5.54. The van der Waals surface area contributed by atoms with Crippen LogP contribution in [-0.4, -0.2) is 6.26 Å². The minimum Gasteiger partial charge on any atom is -0.0857 e. The van der Waals surface area contributed by atoms with Crippen LogP contribution in [0.3, 0.4) is 0 Å². The Balaban J connectivity index is 2.69. The summed E-state index contributed by atoms with van der Waals surface area (Å²) in [6.07, 6.45) is 4.11. The molecule has 0 N–H and O–H groups in total. The standard InChI is InChI=1S/C4H8S3/c1-3-4-6-7-5-2/h3-4H,1-2H3/b4-3+. The Bertz CT molecular complexity index is 50.9. The Kier molecular flexibility index (Phi) is 7.56. The summed E-state index contributed by atoms with van der Waals surface area (Å²) in [6, 6.07) is 0. The third-order valence-electron chi connectivity index (χ3n) is 0.299. The molecule has 7 heavy (non-hydrogen) atoms. The predicted molar refractivity (Wildman–Crippen MR) is 43.5 cm³/mol. The van der Waals surface area contributed by atoms with Crippen molar-refractivity contribution >= 4 is 31.4 Å². The number of rotatable bonds is 3. The van der Waals surface area contributed by atoms with Crippen LogP contribution in [0.5, 0.6) is 0 Å². The van der Waals surface area contributed by atoms with Crippen LogP contribution in [0.15, 0.2) is 11.5 Å². The van der Waals surface area contributed by atoms with E-state index in [1.165, 1.54) is 0 Å². The fourth-order valence-corrected chi connectivity index (χ4v) is 2.17. The lowest BCUT2D eigenvalue weighted by atomic mass is 10.8. The second kappa shape index (κ2) is 6.79. The van der Waals surface area contributed by atoms with Crippen LogP contribution in [0.2, 0.25) is 0 Å². The zero-order valence-electron chi connectivity index (χ0n) is 4.38. The fourth-order valence-electron chi connectivity index (χ4n) is 0.118. The first-order chi connectivity index (χ1) is 3.41. The summed E-state index contributed by atoms with van der Waals surface area (Å²) in [5, 5.41) is 2.07. The van der Waals surface area contributed by atoms with E-state index in [-0.39, 0.29) is 0 Å². The Morgan fingerprint density at radius 3 is 2.57 bits per heavy atom. The van der Waals surface area contributed by atoms with Crippen LogP contribution in [0.1, 0.15) is 6.92 Å². The summed E-state index contributed by atoms with van der Waals surface area (Å²) in [4.78, 5) is 0. The molecule has 0 amide bonds. The highest BCUT2D eigenvalue weighted by Gasteiger charge is 1.74. The van der Waals surface area contributed by atoms with Gasteiger partial charge in [-0.1, -0.05) is 27.7 Å². The van der Waals surface area contributed by atoms with Gasteiger partial charge in [-0.25, -0.2) is 0 Å². The molecule has 0 bridgehead atoms. The molecular weight excluding hydrogens is 144 g/mol. The van der Waals surface area contributed by atoms with Crippen LogP contribution < -0.4 is 0 Å². The first-order valence-electron chi connectivity index (χ1n) is 1.89. The predicted octanol–water partition coefficient (Wildman–Crippen LogP) is 3.18. The molecule has 0 spiro atoms. The van der Waals surface area contributed by atoms with Crippen molar-refractivity contribution in [1.29, 1.82) is 0 Å². The van der Waals surface area contributed by atoms with Gasteiger partial charge in [0, 0.05) is 0 Å². The van der Waals surface area contributed by atoms with Gasteiger partial charge in [-0.3, -0.25) is 0 Å². The smallest absolute Gasteiger partial charge is 0.00708 e. The number of hydrogen-bond donors (Lipinski definition) is 0. The summed E-state index contributed by atoms with van der Waals surface area (Å²) in [7, 11) is 5.30. The Hall–Kier alpha value is 0.790. The van der Waals surface area contributed by atoms with Crippen LogP contribution >= 0.6 is 31.4 Å². The molecule has 0 saturated carbocycles. The van der Waals surface area contributed by atoms with Crippen molar-refractivity contribution in [3.8, 4) is 0 Å². The van der Waals surface area contributed by atoms with Crippen molar-refractivity contribution in [2.75, 3.05) is 6.26 Å². The average Bonchev–Trinajstić information content (AvgIpc) is 1.69. The molecular formula is C4H8S3. The Labute approximate surface area is 56.3 Å². The van der Waals surface area contributed by atoms with Crippen LogP contribution in [-0.2, 0) is 0 Å². The SMILES string of the molecule is C/C=C/SSSC. The summed E-state index contributed by atoms with van der Waals surface area (Å²) >= 11 is 0. The van der Waals surface area contributed by atoms with Crippen molar-refractivity contribution in [3.63, 3.8) is 0 Å². The van der Waals surface area contributed by atoms with E-state index < -0.39 is 0 Å². The first kappa shape index (κ1) is 7.79. The van der Waals surface area contributed by atoms with Gasteiger partial charge in [0.25, 0.3) is 0 Å². The average molecular weight is 152 g/mol. The van der Waals surface area contributed by atoms with Crippen LogP contribution in [0.25, 0.3) is 0 Å². The normalized spacial score (nSPS) is 10.6. The van der Waals surface area contributed by atoms with Crippen LogP contribution in [0.4, 0.5) is 0 Å². The minimum absolute atomic E-state index is 1.75. The molecule has 0 nitrogen and oxygen atoms in total. The van der Waals surface area contributed by atoms with Gasteiger partial charge in [-0.15, -0.1) is 0 Å². The maximum Gasteiger partial charge on any atom is -0.00708 e. The molecule has 0 aromatic carbocycles. The highest BCUT2D eigenvalue weighted by atomic mass is 33.5. The van der Waals surface area contributed by atoms with E-state index in [1.54, 1.807) is 31.4 Å². The van der Waals surface area contributed by atoms with Crippen molar-refractivity contribution in [3.05, 3.63) is 11.5 Å². The molecule has 0 aromatic heterocycles. The fraction of sp³-hybridized carbons (Fsp3) is 0.500. The van der Waals surface area contributed by atoms with E-state index in [9.17, 15) is 0 Å². The number of hydrogen-bond acceptors (Lipinski definition) is 3. The summed E-state index contributed by atoms with van der Waals surface area (Å²) in [5.74, 6) is 0. The second-order valence-corrected chi connectivity index (χ2v) is 4.94. The lowest BCUT2D eigenvalue weighted by Gasteiger charge is -1.82. The summed E-state index contributed by atoms with van der Waals surface area (Å²) in [6.45, 7) is 2.02. The number of allylic oxidation sites excluding steroid dienone is 1.